The second-order valence-corrected chi connectivity index (χ2v) is 6.70. The van der Waals surface area contributed by atoms with E-state index in [1.165, 1.54) is 0 Å². The van der Waals surface area contributed by atoms with Crippen molar-refractivity contribution >= 4 is 36.2 Å². The summed E-state index contributed by atoms with van der Waals surface area (Å²) in [4.78, 5) is 36.2. The van der Waals surface area contributed by atoms with Crippen molar-refractivity contribution in [2.45, 2.75) is 18.5 Å². The van der Waals surface area contributed by atoms with E-state index in [0.717, 1.165) is 5.56 Å². The predicted molar refractivity (Wildman–Crippen MR) is 108 cm³/mol. The Bertz CT molecular complexity index is 816. The first kappa shape index (κ1) is 21.3. The summed E-state index contributed by atoms with van der Waals surface area (Å²) in [5, 5.41) is 24.1. The van der Waals surface area contributed by atoms with Gasteiger partial charge in [0.25, 0.3) is 0 Å². The molecule has 0 radical (unpaired) electrons. The first-order chi connectivity index (χ1) is 13.4. The van der Waals surface area contributed by atoms with Crippen molar-refractivity contribution in [3.63, 3.8) is 0 Å². The number of hydrogen-bond donors (Lipinski definition) is 5. The van der Waals surface area contributed by atoms with Crippen LogP contribution in [-0.2, 0) is 20.8 Å². The molecule has 8 heteroatoms. The third-order valence-electron chi connectivity index (χ3n) is 4.17. The highest BCUT2D eigenvalue weighted by Gasteiger charge is 2.43. The summed E-state index contributed by atoms with van der Waals surface area (Å²) < 4.78 is 0. The maximum atomic E-state index is 12.8. The molecule has 0 spiro atoms. The zero-order valence-electron chi connectivity index (χ0n) is 15.0. The minimum Gasteiger partial charge on any atom is -0.481 e. The first-order valence-electron chi connectivity index (χ1n) is 8.61. The van der Waals surface area contributed by atoms with Gasteiger partial charge in [0.2, 0.25) is 11.6 Å². The average Bonchev–Trinajstić information content (AvgIpc) is 2.66. The summed E-state index contributed by atoms with van der Waals surface area (Å²) in [6, 6.07) is 17.5. The van der Waals surface area contributed by atoms with E-state index in [2.05, 4.69) is 23.3 Å². The molecular formula is C20H22N2O5S. The highest BCUT2D eigenvalue weighted by molar-refractivity contribution is 7.80. The third-order valence-corrected chi connectivity index (χ3v) is 4.61. The number of thiol groups is 1. The van der Waals surface area contributed by atoms with Crippen LogP contribution in [0, 0.1) is 5.92 Å². The second kappa shape index (κ2) is 9.80. The van der Waals surface area contributed by atoms with Gasteiger partial charge >= 0.3 is 11.9 Å². The number of carboxylic acids is 2. The van der Waals surface area contributed by atoms with E-state index in [4.69, 9.17) is 0 Å². The smallest absolute Gasteiger partial charge is 0.351 e. The molecule has 2 aromatic carbocycles. The molecule has 0 aromatic heterocycles. The van der Waals surface area contributed by atoms with Crippen molar-refractivity contribution < 1.29 is 24.6 Å². The Balaban J connectivity index is 2.27. The fourth-order valence-electron chi connectivity index (χ4n) is 2.75. The summed E-state index contributed by atoms with van der Waals surface area (Å²) in [6.07, 6.45) is -0.488. The molecule has 0 heterocycles. The molecular weight excluding hydrogens is 380 g/mol. The molecule has 0 aliphatic carbocycles. The zero-order valence-corrected chi connectivity index (χ0v) is 15.9. The Morgan fingerprint density at radius 3 is 2.04 bits per heavy atom. The van der Waals surface area contributed by atoms with Crippen LogP contribution in [0.25, 0.3) is 0 Å². The van der Waals surface area contributed by atoms with E-state index in [1.807, 2.05) is 30.3 Å². The number of hydrogen-bond acceptors (Lipinski definition) is 5. The number of benzene rings is 2. The van der Waals surface area contributed by atoms with E-state index >= 15 is 0 Å². The van der Waals surface area contributed by atoms with Crippen molar-refractivity contribution in [2.24, 2.45) is 5.92 Å². The maximum Gasteiger partial charge on any atom is 0.351 e. The lowest BCUT2D eigenvalue weighted by atomic mass is 9.98. The largest absolute Gasteiger partial charge is 0.481 e. The van der Waals surface area contributed by atoms with Gasteiger partial charge in [0.1, 0.15) is 0 Å². The van der Waals surface area contributed by atoms with E-state index in [1.54, 1.807) is 30.3 Å². The predicted octanol–water partition coefficient (Wildman–Crippen LogP) is 2.26. The molecule has 28 heavy (non-hydrogen) atoms. The second-order valence-electron chi connectivity index (χ2n) is 6.33. The molecule has 2 atom stereocenters. The number of amides is 1. The van der Waals surface area contributed by atoms with E-state index in [0.29, 0.717) is 12.1 Å². The Hall–Kier alpha value is -3.00. The highest BCUT2D eigenvalue weighted by Crippen LogP contribution is 2.19. The Kier molecular flexibility index (Phi) is 7.45. The SMILES string of the molecule is O=C(O)C[C@@](NC(=O)C(CS)Cc1ccccc1)(Nc1ccccc1)C(=O)O. The average molecular weight is 402 g/mol. The number of carboxylic acid groups (broad SMARTS) is 2. The first-order valence-corrected chi connectivity index (χ1v) is 9.25. The van der Waals surface area contributed by atoms with E-state index in [-0.39, 0.29) is 5.75 Å². The molecule has 4 N–H and O–H groups in total. The standard InChI is InChI=1S/C20H22N2O5S/c23-17(24)12-20(19(26)27,21-16-9-5-2-6-10-16)22-18(25)15(13-28)11-14-7-3-1-4-8-14/h1-10,15,21,28H,11-13H2,(H,22,25)(H,23,24)(H,26,27)/t15?,20-/m0/s1. The van der Waals surface area contributed by atoms with Crippen molar-refractivity contribution in [1.82, 2.24) is 5.32 Å². The molecule has 1 unspecified atom stereocenters. The summed E-state index contributed by atoms with van der Waals surface area (Å²) in [5.74, 6) is -3.91. The quantitative estimate of drug-likeness (QED) is 0.308. The number of rotatable bonds is 10. The van der Waals surface area contributed by atoms with Gasteiger partial charge in [0.05, 0.1) is 12.3 Å². The fraction of sp³-hybridized carbons (Fsp3) is 0.250. The number of carbonyl (C=O) groups excluding carboxylic acids is 1. The molecule has 0 bridgehead atoms. The molecule has 148 valence electrons. The Morgan fingerprint density at radius 2 is 1.54 bits per heavy atom. The van der Waals surface area contributed by atoms with Crippen LogP contribution in [0.15, 0.2) is 60.7 Å². The lowest BCUT2D eigenvalue weighted by Gasteiger charge is -2.32. The van der Waals surface area contributed by atoms with Gasteiger partial charge < -0.3 is 20.8 Å². The number of anilines is 1. The molecule has 7 nitrogen and oxygen atoms in total. The van der Waals surface area contributed by atoms with Gasteiger partial charge in [-0.2, -0.15) is 12.6 Å². The third kappa shape index (κ3) is 5.75. The van der Waals surface area contributed by atoms with Gasteiger partial charge in [-0.25, -0.2) is 4.79 Å². The monoisotopic (exact) mass is 402 g/mol. The minimum atomic E-state index is -2.19. The van der Waals surface area contributed by atoms with Crippen LogP contribution >= 0.6 is 12.6 Å². The lowest BCUT2D eigenvalue weighted by Crippen LogP contribution is -2.62. The van der Waals surface area contributed by atoms with E-state index < -0.39 is 35.8 Å². The van der Waals surface area contributed by atoms with Gasteiger partial charge in [-0.3, -0.25) is 9.59 Å². The van der Waals surface area contributed by atoms with Gasteiger partial charge in [-0.15, -0.1) is 0 Å². The molecule has 2 aromatic rings. The normalized spacial score (nSPS) is 13.8. The Labute approximate surface area is 168 Å². The topological polar surface area (TPSA) is 116 Å². The maximum absolute atomic E-state index is 12.8. The van der Waals surface area contributed by atoms with Crippen LogP contribution < -0.4 is 10.6 Å². The summed E-state index contributed by atoms with van der Waals surface area (Å²) >= 11 is 4.21. The van der Waals surface area contributed by atoms with Crippen LogP contribution in [0.4, 0.5) is 5.69 Å². The molecule has 0 aliphatic heterocycles. The van der Waals surface area contributed by atoms with Gasteiger partial charge in [0, 0.05) is 11.4 Å². The van der Waals surface area contributed by atoms with Crippen LogP contribution in [0.2, 0.25) is 0 Å². The van der Waals surface area contributed by atoms with Crippen LogP contribution in [-0.4, -0.2) is 39.5 Å². The number of nitrogens with one attached hydrogen (secondary N) is 2. The van der Waals surface area contributed by atoms with Crippen LogP contribution in [0.3, 0.4) is 0 Å². The molecule has 1 amide bonds. The highest BCUT2D eigenvalue weighted by atomic mass is 32.1. The lowest BCUT2D eigenvalue weighted by molar-refractivity contribution is -0.152. The van der Waals surface area contributed by atoms with Crippen LogP contribution in [0.5, 0.6) is 0 Å². The molecule has 0 aliphatic rings. The van der Waals surface area contributed by atoms with Crippen molar-refractivity contribution in [1.29, 1.82) is 0 Å². The number of aliphatic carboxylic acids is 2. The molecule has 0 fully saturated rings. The van der Waals surface area contributed by atoms with Crippen molar-refractivity contribution in [3.8, 4) is 0 Å². The fourth-order valence-corrected chi connectivity index (χ4v) is 3.04. The number of carbonyl (C=O) groups is 3. The summed E-state index contributed by atoms with van der Waals surface area (Å²) in [7, 11) is 0. The summed E-state index contributed by atoms with van der Waals surface area (Å²) in [5.41, 5.74) is -0.925. The zero-order chi connectivity index (χ0) is 20.6. The van der Waals surface area contributed by atoms with E-state index in [9.17, 15) is 24.6 Å². The number of para-hydroxylation sites is 1. The molecule has 0 saturated heterocycles. The van der Waals surface area contributed by atoms with Crippen molar-refractivity contribution in [2.75, 3.05) is 11.1 Å². The van der Waals surface area contributed by atoms with Gasteiger partial charge in [-0.05, 0) is 24.1 Å². The van der Waals surface area contributed by atoms with Gasteiger partial charge in [-0.1, -0.05) is 48.5 Å². The minimum absolute atomic E-state index is 0.175. The van der Waals surface area contributed by atoms with Gasteiger partial charge in [0.15, 0.2) is 0 Å². The molecule has 0 saturated carbocycles. The summed E-state index contributed by atoms with van der Waals surface area (Å²) in [6.45, 7) is 0. The molecule has 2 rings (SSSR count). The Morgan fingerprint density at radius 1 is 0.964 bits per heavy atom. The van der Waals surface area contributed by atoms with Crippen LogP contribution in [0.1, 0.15) is 12.0 Å². The van der Waals surface area contributed by atoms with Crippen molar-refractivity contribution in [3.05, 3.63) is 66.2 Å².